The Bertz CT molecular complexity index is 1430. The summed E-state index contributed by atoms with van der Waals surface area (Å²) in [6.07, 6.45) is 3.06. The molecule has 0 bridgehead atoms. The summed E-state index contributed by atoms with van der Waals surface area (Å²) >= 11 is 3.75. The third kappa shape index (κ3) is 5.15. The number of aliphatic carboxylic acids is 1. The van der Waals surface area contributed by atoms with Crippen molar-refractivity contribution in [2.75, 3.05) is 13.2 Å². The van der Waals surface area contributed by atoms with Gasteiger partial charge in [0.15, 0.2) is 0 Å². The predicted molar refractivity (Wildman–Crippen MR) is 145 cm³/mol. The highest BCUT2D eigenvalue weighted by molar-refractivity contribution is 9.10. The number of hydrogen-bond acceptors (Lipinski definition) is 6. The van der Waals surface area contributed by atoms with Crippen LogP contribution in [-0.2, 0) is 16.1 Å². The van der Waals surface area contributed by atoms with Gasteiger partial charge in [0, 0.05) is 29.6 Å². The van der Waals surface area contributed by atoms with Crippen LogP contribution in [0.2, 0.25) is 0 Å². The quantitative estimate of drug-likeness (QED) is 0.228. The molecule has 2 aromatic carbocycles. The molecule has 0 unspecified atom stereocenters. The van der Waals surface area contributed by atoms with Gasteiger partial charge in [0.25, 0.3) is 0 Å². The summed E-state index contributed by atoms with van der Waals surface area (Å²) < 4.78 is 6.34. The first kappa shape index (κ1) is 25.9. The number of nitrogens with zero attached hydrogens (tertiary/aromatic N) is 4. The van der Waals surface area contributed by atoms with Gasteiger partial charge in [-0.25, -0.2) is 4.79 Å². The number of carboxylic acids is 1. The van der Waals surface area contributed by atoms with E-state index in [-0.39, 0.29) is 13.1 Å². The summed E-state index contributed by atoms with van der Waals surface area (Å²) in [5.41, 5.74) is 3.67. The molecule has 11 heteroatoms. The normalized spacial score (nSPS) is 14.6. The van der Waals surface area contributed by atoms with Gasteiger partial charge in [-0.2, -0.15) is 5.21 Å². The highest BCUT2D eigenvalue weighted by Crippen LogP contribution is 2.40. The summed E-state index contributed by atoms with van der Waals surface area (Å²) in [6.45, 7) is 2.63. The zero-order valence-corrected chi connectivity index (χ0v) is 22.6. The van der Waals surface area contributed by atoms with E-state index in [1.54, 1.807) is 4.90 Å². The van der Waals surface area contributed by atoms with Crippen molar-refractivity contribution in [3.8, 4) is 22.6 Å². The SMILES string of the molecule is CCCOC(=O)N(Cc1ccc2[nH]c(-c3ccc(-c4nn[nH]n4)cc3)c(Br)c2c1)CC1(C(=O)O)CCCC1. The molecule has 198 valence electrons. The van der Waals surface area contributed by atoms with Crippen LogP contribution in [0.4, 0.5) is 4.79 Å². The van der Waals surface area contributed by atoms with Gasteiger partial charge in [0.2, 0.25) is 5.82 Å². The van der Waals surface area contributed by atoms with Crippen LogP contribution in [0.3, 0.4) is 0 Å². The summed E-state index contributed by atoms with van der Waals surface area (Å²) in [6, 6.07) is 13.8. The van der Waals surface area contributed by atoms with Crippen LogP contribution >= 0.6 is 15.9 Å². The predicted octanol–water partition coefficient (Wildman–Crippen LogP) is 5.77. The van der Waals surface area contributed by atoms with Crippen molar-refractivity contribution in [1.82, 2.24) is 30.5 Å². The van der Waals surface area contributed by atoms with Gasteiger partial charge >= 0.3 is 12.1 Å². The molecule has 1 aliphatic carbocycles. The molecule has 4 aromatic rings. The number of H-pyrrole nitrogens is 2. The van der Waals surface area contributed by atoms with Gasteiger partial charge in [-0.1, -0.05) is 50.1 Å². The van der Waals surface area contributed by atoms with Crippen LogP contribution < -0.4 is 0 Å². The number of amides is 1. The van der Waals surface area contributed by atoms with Gasteiger partial charge < -0.3 is 19.7 Å². The van der Waals surface area contributed by atoms with Crippen LogP contribution in [0.5, 0.6) is 0 Å². The Morgan fingerprint density at radius 1 is 1.13 bits per heavy atom. The maximum atomic E-state index is 13.0. The largest absolute Gasteiger partial charge is 0.481 e. The number of carbonyl (C=O) groups excluding carboxylic acids is 1. The number of carboxylic acid groups (broad SMARTS) is 1. The summed E-state index contributed by atoms with van der Waals surface area (Å²) in [5, 5.41) is 25.1. The number of hydrogen-bond donors (Lipinski definition) is 3. The van der Waals surface area contributed by atoms with Crippen LogP contribution in [0.1, 0.15) is 44.6 Å². The van der Waals surface area contributed by atoms with Gasteiger partial charge in [-0.15, -0.1) is 10.2 Å². The Kier molecular flexibility index (Phi) is 7.46. The van der Waals surface area contributed by atoms with Crippen LogP contribution in [0.25, 0.3) is 33.5 Å². The monoisotopic (exact) mass is 580 g/mol. The maximum absolute atomic E-state index is 13.0. The molecule has 2 aromatic heterocycles. The molecule has 2 heterocycles. The smallest absolute Gasteiger partial charge is 0.410 e. The number of benzene rings is 2. The van der Waals surface area contributed by atoms with Crippen LogP contribution in [0, 0.1) is 5.41 Å². The molecule has 0 saturated heterocycles. The molecule has 5 rings (SSSR count). The fourth-order valence-corrected chi connectivity index (χ4v) is 5.77. The van der Waals surface area contributed by atoms with Gasteiger partial charge in [-0.3, -0.25) is 4.79 Å². The number of tetrazole rings is 1. The highest BCUT2D eigenvalue weighted by Gasteiger charge is 2.43. The van der Waals surface area contributed by atoms with Crippen molar-refractivity contribution in [2.45, 2.75) is 45.6 Å². The number of halogens is 1. The second-order valence-electron chi connectivity index (χ2n) is 9.77. The van der Waals surface area contributed by atoms with E-state index in [0.717, 1.165) is 50.6 Å². The van der Waals surface area contributed by atoms with Crippen molar-refractivity contribution >= 4 is 38.9 Å². The Hall–Kier alpha value is -3.73. The second-order valence-corrected chi connectivity index (χ2v) is 10.6. The number of rotatable bonds is 9. The lowest BCUT2D eigenvalue weighted by atomic mass is 9.85. The molecule has 3 N–H and O–H groups in total. The van der Waals surface area contributed by atoms with E-state index < -0.39 is 17.5 Å². The van der Waals surface area contributed by atoms with Crippen molar-refractivity contribution in [3.05, 3.63) is 52.5 Å². The first-order valence-corrected chi connectivity index (χ1v) is 13.5. The van der Waals surface area contributed by atoms with Crippen molar-refractivity contribution < 1.29 is 19.4 Å². The maximum Gasteiger partial charge on any atom is 0.410 e. The number of fused-ring (bicyclic) bond motifs is 1. The number of aromatic amines is 2. The molecule has 1 fully saturated rings. The van der Waals surface area contributed by atoms with E-state index in [1.807, 2.05) is 49.4 Å². The van der Waals surface area contributed by atoms with Crippen LogP contribution in [-0.4, -0.2) is 60.8 Å². The van der Waals surface area contributed by atoms with E-state index in [4.69, 9.17) is 4.74 Å². The van der Waals surface area contributed by atoms with Crippen molar-refractivity contribution in [1.29, 1.82) is 0 Å². The zero-order chi connectivity index (χ0) is 26.7. The lowest BCUT2D eigenvalue weighted by Crippen LogP contribution is -2.44. The molecule has 0 aliphatic heterocycles. The third-order valence-electron chi connectivity index (χ3n) is 7.15. The lowest BCUT2D eigenvalue weighted by molar-refractivity contribution is -0.149. The molecular weight excluding hydrogens is 552 g/mol. The number of aromatic nitrogens is 5. The minimum atomic E-state index is -0.926. The van der Waals surface area contributed by atoms with Gasteiger partial charge in [-0.05, 0) is 63.7 Å². The average Bonchev–Trinajstić information content (AvgIpc) is 3.69. The number of nitrogens with one attached hydrogen (secondary N) is 2. The fraction of sp³-hybridized carbons (Fsp3) is 0.370. The topological polar surface area (TPSA) is 137 Å². The average molecular weight is 581 g/mol. The Labute approximate surface area is 227 Å². The molecule has 1 amide bonds. The molecule has 1 saturated carbocycles. The van der Waals surface area contributed by atoms with Crippen molar-refractivity contribution in [2.24, 2.45) is 5.41 Å². The van der Waals surface area contributed by atoms with Crippen LogP contribution in [0.15, 0.2) is 46.9 Å². The van der Waals surface area contributed by atoms with E-state index in [2.05, 4.69) is 41.5 Å². The van der Waals surface area contributed by atoms with Crippen molar-refractivity contribution in [3.63, 3.8) is 0 Å². The first-order valence-electron chi connectivity index (χ1n) is 12.7. The molecule has 10 nitrogen and oxygen atoms in total. The first-order chi connectivity index (χ1) is 18.4. The Morgan fingerprint density at radius 2 is 1.87 bits per heavy atom. The van der Waals surface area contributed by atoms with E-state index in [0.29, 0.717) is 31.7 Å². The summed E-state index contributed by atoms with van der Waals surface area (Å²) in [4.78, 5) is 30.2. The van der Waals surface area contributed by atoms with E-state index in [9.17, 15) is 14.7 Å². The molecule has 1 aliphatic rings. The molecule has 0 atom stereocenters. The third-order valence-corrected chi connectivity index (χ3v) is 7.97. The molecule has 0 spiro atoms. The zero-order valence-electron chi connectivity index (χ0n) is 21.0. The second kappa shape index (κ2) is 10.9. The molecule has 38 heavy (non-hydrogen) atoms. The standard InChI is InChI=1S/C27H29BrN6O4/c1-2-13-38-26(37)34(16-27(25(35)36)11-3-4-12-27)15-17-5-10-21-20(14-17)22(28)23(29-21)18-6-8-19(9-7-18)24-30-32-33-31-24/h5-10,14,29H,2-4,11-13,15-16H2,1H3,(H,35,36)(H,30,31,32,33). The summed E-state index contributed by atoms with van der Waals surface area (Å²) in [7, 11) is 0. The lowest BCUT2D eigenvalue weighted by Gasteiger charge is -2.31. The Morgan fingerprint density at radius 3 is 2.53 bits per heavy atom. The number of ether oxygens (including phenoxy) is 1. The fourth-order valence-electron chi connectivity index (χ4n) is 5.12. The van der Waals surface area contributed by atoms with E-state index in [1.165, 1.54) is 0 Å². The minimum absolute atomic E-state index is 0.134. The highest BCUT2D eigenvalue weighted by atomic mass is 79.9. The Balaban J connectivity index is 1.41. The minimum Gasteiger partial charge on any atom is -0.481 e. The van der Waals surface area contributed by atoms with Gasteiger partial charge in [0.05, 0.1) is 22.2 Å². The van der Waals surface area contributed by atoms with E-state index >= 15 is 0 Å². The molecule has 0 radical (unpaired) electrons. The van der Waals surface area contributed by atoms with Gasteiger partial charge in [0.1, 0.15) is 0 Å². The molecular formula is C27H29BrN6O4. The number of carbonyl (C=O) groups is 2. The summed E-state index contributed by atoms with van der Waals surface area (Å²) in [5.74, 6) is -0.316.